The highest BCUT2D eigenvalue weighted by molar-refractivity contribution is 6.63. The summed E-state index contributed by atoms with van der Waals surface area (Å²) >= 11 is 0. The van der Waals surface area contributed by atoms with Crippen molar-refractivity contribution in [3.05, 3.63) is 132 Å². The number of oxime groups is 1. The lowest BCUT2D eigenvalue weighted by Crippen LogP contribution is -2.32. The van der Waals surface area contributed by atoms with Crippen LogP contribution in [0.25, 0.3) is 60.3 Å². The molecular weight excluding hydrogens is 658 g/mol. The molecule has 0 amide bonds. The van der Waals surface area contributed by atoms with E-state index >= 15 is 0 Å². The lowest BCUT2D eigenvalue weighted by atomic mass is 9.89. The van der Waals surface area contributed by atoms with Crippen molar-refractivity contribution in [1.29, 1.82) is 5.41 Å². The Morgan fingerprint density at radius 1 is 0.673 bits per heavy atom. The number of nitrogens with one attached hydrogen (secondary N) is 1. The predicted molar refractivity (Wildman–Crippen MR) is 198 cm³/mol. The third-order valence-electron chi connectivity index (χ3n) is 9.36. The second-order valence-electron chi connectivity index (χ2n) is 12.0. The van der Waals surface area contributed by atoms with E-state index in [9.17, 15) is 10.6 Å². The summed E-state index contributed by atoms with van der Waals surface area (Å²) < 4.78 is 22.2. The van der Waals surface area contributed by atoms with Gasteiger partial charge in [0.05, 0.1) is 36.9 Å². The average molecular weight is 686 g/mol. The Balaban J connectivity index is 1.34. The van der Waals surface area contributed by atoms with Gasteiger partial charge >= 0.3 is 0 Å². The summed E-state index contributed by atoms with van der Waals surface area (Å²) in [5, 5.41) is 45.1. The summed E-state index contributed by atoms with van der Waals surface area (Å²) in [6.07, 6.45) is 1.72. The molecule has 52 heavy (non-hydrogen) atoms. The first-order valence-electron chi connectivity index (χ1n) is 16.2. The third kappa shape index (κ3) is 4.62. The van der Waals surface area contributed by atoms with E-state index in [0.717, 1.165) is 32.7 Å². The van der Waals surface area contributed by atoms with Gasteiger partial charge in [-0.2, -0.15) is 0 Å². The first-order chi connectivity index (χ1) is 25.6. The van der Waals surface area contributed by atoms with Crippen LogP contribution in [0.5, 0.6) is 5.75 Å². The molecule has 9 rings (SSSR count). The van der Waals surface area contributed by atoms with Crippen LogP contribution in [0, 0.1) is 5.41 Å². The van der Waals surface area contributed by atoms with Gasteiger partial charge in [-0.1, -0.05) is 84.0 Å². The number of benzene rings is 6. The molecule has 1 aliphatic carbocycles. The zero-order valence-corrected chi connectivity index (χ0v) is 27.7. The van der Waals surface area contributed by atoms with Crippen molar-refractivity contribution in [2.45, 2.75) is 0 Å². The van der Waals surface area contributed by atoms with Gasteiger partial charge in [0.25, 0.3) is 0 Å². The molecule has 1 aliphatic rings. The quantitative estimate of drug-likeness (QED) is 0.0720. The van der Waals surface area contributed by atoms with Crippen LogP contribution < -0.4 is 9.64 Å². The molecule has 0 spiro atoms. The fraction of sp³-hybridized carbons (Fsp3) is 0.0500. The van der Waals surface area contributed by atoms with Crippen LogP contribution in [0.15, 0.2) is 141 Å². The van der Waals surface area contributed by atoms with Gasteiger partial charge in [0.1, 0.15) is 22.7 Å². The minimum absolute atomic E-state index is 0.00181. The van der Waals surface area contributed by atoms with E-state index in [1.807, 2.05) is 66.7 Å². The lowest BCUT2D eigenvalue weighted by molar-refractivity contribution is 0.307. The number of allylic oxidation sites excluding steroid dienone is 3. The molecule has 0 saturated heterocycles. The number of rotatable bonds is 7. The highest BCUT2D eigenvalue weighted by atomic mass is 16.6. The number of ether oxygens (including phenoxy) is 2. The van der Waals surface area contributed by atoms with Gasteiger partial charge in [-0.15, -0.1) is 0 Å². The largest absolute Gasteiger partial charge is 0.496 e. The van der Waals surface area contributed by atoms with E-state index in [-0.39, 0.29) is 17.1 Å². The van der Waals surface area contributed by atoms with Crippen LogP contribution in [-0.2, 0) is 4.74 Å². The molecule has 0 aliphatic heterocycles. The molecular formula is C40H27N7O5. The van der Waals surface area contributed by atoms with E-state index < -0.39 is 0 Å². The smallest absolute Gasteiger partial charge is 0.179 e. The van der Waals surface area contributed by atoms with Crippen molar-refractivity contribution >= 4 is 72.0 Å². The molecule has 12 heteroatoms. The first kappa shape index (κ1) is 30.7. The maximum atomic E-state index is 10.4. The average Bonchev–Trinajstić information content (AvgIpc) is 3.90. The topological polar surface area (TPSA) is 156 Å². The maximum Gasteiger partial charge on any atom is 0.179 e. The second-order valence-corrected chi connectivity index (χ2v) is 12.0. The van der Waals surface area contributed by atoms with Crippen LogP contribution >= 0.6 is 0 Å². The molecule has 0 radical (unpaired) electrons. The van der Waals surface area contributed by atoms with Gasteiger partial charge in [0.15, 0.2) is 22.3 Å². The Morgan fingerprint density at radius 3 is 1.92 bits per heavy atom. The van der Waals surface area contributed by atoms with Gasteiger partial charge < -0.3 is 19.6 Å². The third-order valence-corrected chi connectivity index (χ3v) is 9.36. The molecule has 2 heterocycles. The highest BCUT2D eigenvalue weighted by Crippen LogP contribution is 2.46. The molecule has 252 valence electrons. The number of hydrogen-bond donors (Lipinski definition) is 2. The van der Waals surface area contributed by atoms with Crippen LogP contribution in [0.1, 0.15) is 5.56 Å². The molecule has 0 saturated carbocycles. The first-order valence-corrected chi connectivity index (χ1v) is 16.2. The van der Waals surface area contributed by atoms with Crippen molar-refractivity contribution in [3.8, 4) is 16.9 Å². The number of aromatic nitrogens is 4. The SMILES string of the molecule is COC1=C(c2ccccc2)/C(=N/O)C(=N)C(N(c2ccc(OC)c3nonc23)c2ccc(-c3c4ccccc4cc4ccccc34)c3nonc23)=C1. The van der Waals surface area contributed by atoms with E-state index in [0.29, 0.717) is 56.1 Å². The van der Waals surface area contributed by atoms with Crippen molar-refractivity contribution in [2.75, 3.05) is 19.1 Å². The predicted octanol–water partition coefficient (Wildman–Crippen LogP) is 8.68. The van der Waals surface area contributed by atoms with Crippen molar-refractivity contribution in [3.63, 3.8) is 0 Å². The second kappa shape index (κ2) is 12.2. The van der Waals surface area contributed by atoms with E-state index in [2.05, 4.69) is 56.1 Å². The molecule has 2 N–H and O–H groups in total. The number of nitrogens with zero attached hydrogens (tertiary/aromatic N) is 6. The maximum absolute atomic E-state index is 10.4. The van der Waals surface area contributed by atoms with E-state index in [1.165, 1.54) is 14.2 Å². The summed E-state index contributed by atoms with van der Waals surface area (Å²) in [5.41, 5.74) is 5.72. The van der Waals surface area contributed by atoms with Crippen molar-refractivity contribution in [2.24, 2.45) is 5.16 Å². The van der Waals surface area contributed by atoms with Crippen LogP contribution in [0.3, 0.4) is 0 Å². The summed E-state index contributed by atoms with van der Waals surface area (Å²) in [6.45, 7) is 0. The molecule has 0 fully saturated rings. The zero-order valence-electron chi connectivity index (χ0n) is 27.7. The summed E-state index contributed by atoms with van der Waals surface area (Å²) in [5.74, 6) is 0.812. The Kier molecular flexibility index (Phi) is 7.21. The van der Waals surface area contributed by atoms with Crippen LogP contribution in [0.4, 0.5) is 11.4 Å². The van der Waals surface area contributed by atoms with Gasteiger partial charge in [0, 0.05) is 11.6 Å². The van der Waals surface area contributed by atoms with Crippen molar-refractivity contribution in [1.82, 2.24) is 20.6 Å². The zero-order chi connectivity index (χ0) is 35.3. The van der Waals surface area contributed by atoms with Gasteiger partial charge in [-0.05, 0) is 83.6 Å². The van der Waals surface area contributed by atoms with E-state index in [4.69, 9.17) is 18.7 Å². The van der Waals surface area contributed by atoms with Gasteiger partial charge in [-0.25, -0.2) is 9.26 Å². The summed E-state index contributed by atoms with van der Waals surface area (Å²) in [4.78, 5) is 1.76. The molecule has 2 aromatic heterocycles. The number of methoxy groups -OCH3 is 2. The Bertz CT molecular complexity index is 2760. The fourth-order valence-electron chi connectivity index (χ4n) is 7.06. The minimum Gasteiger partial charge on any atom is -0.496 e. The molecule has 6 aromatic carbocycles. The summed E-state index contributed by atoms with van der Waals surface area (Å²) in [7, 11) is 3.06. The fourth-order valence-corrected chi connectivity index (χ4v) is 7.06. The normalized spacial score (nSPS) is 14.2. The van der Waals surface area contributed by atoms with Gasteiger partial charge in [0.2, 0.25) is 0 Å². The molecule has 12 nitrogen and oxygen atoms in total. The van der Waals surface area contributed by atoms with Gasteiger partial charge in [-0.3, -0.25) is 5.41 Å². The summed E-state index contributed by atoms with van der Waals surface area (Å²) in [6, 6.07) is 35.3. The lowest BCUT2D eigenvalue weighted by Gasteiger charge is -2.31. The Morgan fingerprint density at radius 2 is 1.27 bits per heavy atom. The van der Waals surface area contributed by atoms with Crippen LogP contribution in [-0.4, -0.2) is 51.5 Å². The Hall–Kier alpha value is -7.34. The molecule has 8 aromatic rings. The number of hydrogen-bond acceptors (Lipinski definition) is 12. The monoisotopic (exact) mass is 685 g/mol. The number of fused-ring (bicyclic) bond motifs is 4. The van der Waals surface area contributed by atoms with Crippen molar-refractivity contribution < 1.29 is 23.9 Å². The molecule has 0 bridgehead atoms. The minimum atomic E-state index is -0.101. The van der Waals surface area contributed by atoms with Crippen LogP contribution in [0.2, 0.25) is 0 Å². The highest BCUT2D eigenvalue weighted by Gasteiger charge is 2.35. The standard InChI is InChI=1S/C40H27N7O5/c1-49-31-19-18-29(38-39(31)46-52-45-38)47(30-21-32(50-2)33(40(42-48)35(30)41)22-10-4-3-5-11-22)28-17-16-27(36-37(28)44-51-43-36)34-25-14-8-6-12-23(25)20-24-13-7-9-15-26(24)34/h3-21,41,48H,1-2H3/b41-35?,42-40-. The molecule has 0 unspecified atom stereocenters. The number of anilines is 2. The van der Waals surface area contributed by atoms with E-state index in [1.54, 1.807) is 23.1 Å². The molecule has 0 atom stereocenters. The Labute approximate surface area is 294 Å².